The van der Waals surface area contributed by atoms with Gasteiger partial charge in [0.2, 0.25) is 5.88 Å². The van der Waals surface area contributed by atoms with Crippen molar-refractivity contribution in [3.63, 3.8) is 0 Å². The highest BCUT2D eigenvalue weighted by atomic mass is 16.5. The zero-order valence-corrected chi connectivity index (χ0v) is 10.5. The Labute approximate surface area is 110 Å². The van der Waals surface area contributed by atoms with Gasteiger partial charge in [-0.15, -0.1) is 0 Å². The van der Waals surface area contributed by atoms with E-state index in [0.29, 0.717) is 17.2 Å². The topological polar surface area (TPSA) is 72.3 Å². The van der Waals surface area contributed by atoms with Gasteiger partial charge in [-0.3, -0.25) is 4.79 Å². The fourth-order valence-corrected chi connectivity index (χ4v) is 1.64. The Morgan fingerprint density at radius 3 is 2.89 bits per heavy atom. The van der Waals surface area contributed by atoms with Gasteiger partial charge in [-0.1, -0.05) is 19.1 Å². The average molecular weight is 258 g/mol. The molecule has 1 aromatic carbocycles. The third kappa shape index (κ3) is 3.77. The van der Waals surface area contributed by atoms with Gasteiger partial charge in [0.1, 0.15) is 12.1 Å². The Kier molecular flexibility index (Phi) is 4.07. The summed E-state index contributed by atoms with van der Waals surface area (Å²) in [5.74, 6) is 0.159. The second-order valence-electron chi connectivity index (χ2n) is 4.02. The fourth-order valence-electron chi connectivity index (χ4n) is 1.64. The summed E-state index contributed by atoms with van der Waals surface area (Å²) >= 11 is 0. The van der Waals surface area contributed by atoms with Crippen molar-refractivity contribution in [2.75, 3.05) is 0 Å². The lowest BCUT2D eigenvalue weighted by molar-refractivity contribution is -0.136. The van der Waals surface area contributed by atoms with Crippen molar-refractivity contribution in [3.05, 3.63) is 47.9 Å². The van der Waals surface area contributed by atoms with E-state index in [0.717, 1.165) is 12.1 Å². The molecule has 0 amide bonds. The van der Waals surface area contributed by atoms with Crippen molar-refractivity contribution in [1.29, 1.82) is 0 Å². The van der Waals surface area contributed by atoms with E-state index >= 15 is 0 Å². The number of carboxylic acids is 1. The van der Waals surface area contributed by atoms with E-state index in [1.54, 1.807) is 30.3 Å². The van der Waals surface area contributed by atoms with Crippen LogP contribution in [0.1, 0.15) is 18.2 Å². The van der Waals surface area contributed by atoms with Gasteiger partial charge in [-0.2, -0.15) is 0 Å². The number of hydrogen-bond acceptors (Lipinski definition) is 4. The summed E-state index contributed by atoms with van der Waals surface area (Å²) in [5, 5.41) is 8.75. The zero-order valence-electron chi connectivity index (χ0n) is 10.5. The molecule has 2 rings (SSSR count). The summed E-state index contributed by atoms with van der Waals surface area (Å²) < 4.78 is 5.60. The number of hydrogen-bond donors (Lipinski definition) is 1. The van der Waals surface area contributed by atoms with E-state index in [1.165, 1.54) is 6.33 Å². The number of ether oxygens (including phenoxy) is 1. The first kappa shape index (κ1) is 13.0. The maximum Gasteiger partial charge on any atom is 0.307 e. The molecule has 0 unspecified atom stereocenters. The van der Waals surface area contributed by atoms with E-state index in [-0.39, 0.29) is 6.42 Å². The van der Waals surface area contributed by atoms with Gasteiger partial charge in [0.25, 0.3) is 0 Å². The molecule has 0 aliphatic heterocycles. The van der Waals surface area contributed by atoms with E-state index in [9.17, 15) is 4.79 Å². The quantitative estimate of drug-likeness (QED) is 0.891. The minimum absolute atomic E-state index is 0.0266. The first-order valence-corrected chi connectivity index (χ1v) is 5.97. The Morgan fingerprint density at radius 1 is 1.32 bits per heavy atom. The summed E-state index contributed by atoms with van der Waals surface area (Å²) in [6.07, 6.45) is 2.23. The molecule has 19 heavy (non-hydrogen) atoms. The molecule has 2 aromatic rings. The molecule has 1 aromatic heterocycles. The molecule has 0 saturated carbocycles. The maximum absolute atomic E-state index is 10.7. The van der Waals surface area contributed by atoms with Crippen molar-refractivity contribution in [1.82, 2.24) is 9.97 Å². The number of benzene rings is 1. The van der Waals surface area contributed by atoms with Crippen LogP contribution >= 0.6 is 0 Å². The Balaban J connectivity index is 2.15. The van der Waals surface area contributed by atoms with Gasteiger partial charge in [0, 0.05) is 11.8 Å². The molecule has 0 saturated heterocycles. The second-order valence-corrected chi connectivity index (χ2v) is 4.02. The van der Waals surface area contributed by atoms with Crippen molar-refractivity contribution >= 4 is 5.97 Å². The molecule has 0 radical (unpaired) electrons. The van der Waals surface area contributed by atoms with Crippen LogP contribution in [0.4, 0.5) is 0 Å². The molecule has 0 bridgehead atoms. The summed E-state index contributed by atoms with van der Waals surface area (Å²) in [5.41, 5.74) is 1.58. The Hall–Kier alpha value is -2.43. The van der Waals surface area contributed by atoms with E-state index < -0.39 is 5.97 Å². The normalized spacial score (nSPS) is 10.2. The molecule has 1 N–H and O–H groups in total. The van der Waals surface area contributed by atoms with Crippen LogP contribution in [0.2, 0.25) is 0 Å². The highest BCUT2D eigenvalue weighted by molar-refractivity contribution is 5.70. The first-order valence-electron chi connectivity index (χ1n) is 5.97. The van der Waals surface area contributed by atoms with Gasteiger partial charge < -0.3 is 9.84 Å². The predicted octanol–water partition coefficient (Wildman–Crippen LogP) is 2.46. The number of carbonyl (C=O) groups is 1. The Morgan fingerprint density at radius 2 is 2.16 bits per heavy atom. The highest BCUT2D eigenvalue weighted by Crippen LogP contribution is 2.20. The van der Waals surface area contributed by atoms with E-state index in [1.807, 2.05) is 6.92 Å². The monoisotopic (exact) mass is 258 g/mol. The number of aryl methyl sites for hydroxylation is 1. The number of aliphatic carboxylic acids is 1. The fraction of sp³-hybridized carbons (Fsp3) is 0.214. The lowest BCUT2D eigenvalue weighted by atomic mass is 10.1. The molecule has 0 aliphatic carbocycles. The third-order valence-electron chi connectivity index (χ3n) is 2.54. The van der Waals surface area contributed by atoms with Crippen molar-refractivity contribution in [2.45, 2.75) is 19.8 Å². The third-order valence-corrected chi connectivity index (χ3v) is 2.54. The van der Waals surface area contributed by atoms with Crippen LogP contribution < -0.4 is 4.74 Å². The molecular weight excluding hydrogens is 244 g/mol. The lowest BCUT2D eigenvalue weighted by Gasteiger charge is -2.06. The molecule has 0 atom stereocenters. The van der Waals surface area contributed by atoms with Gasteiger partial charge >= 0.3 is 5.97 Å². The largest absolute Gasteiger partial charge is 0.481 e. The smallest absolute Gasteiger partial charge is 0.307 e. The zero-order chi connectivity index (χ0) is 13.7. The first-order chi connectivity index (χ1) is 9.17. The molecule has 0 aliphatic rings. The molecule has 5 heteroatoms. The molecule has 5 nitrogen and oxygen atoms in total. The van der Waals surface area contributed by atoms with Gasteiger partial charge in [0.15, 0.2) is 0 Å². The number of carboxylic acid groups (broad SMARTS) is 1. The van der Waals surface area contributed by atoms with Crippen molar-refractivity contribution < 1.29 is 14.6 Å². The van der Waals surface area contributed by atoms with Crippen LogP contribution in [-0.4, -0.2) is 21.0 Å². The van der Waals surface area contributed by atoms with Crippen LogP contribution in [0, 0.1) is 0 Å². The van der Waals surface area contributed by atoms with Crippen LogP contribution in [0.3, 0.4) is 0 Å². The summed E-state index contributed by atoms with van der Waals surface area (Å²) in [7, 11) is 0. The van der Waals surface area contributed by atoms with Gasteiger partial charge in [0.05, 0.1) is 6.42 Å². The number of nitrogens with zero attached hydrogens (tertiary/aromatic N) is 2. The SMILES string of the molecule is CCc1cc(Oc2cccc(CC(=O)O)c2)ncn1. The second kappa shape index (κ2) is 5.95. The van der Waals surface area contributed by atoms with E-state index in [2.05, 4.69) is 9.97 Å². The molecule has 1 heterocycles. The molecule has 0 fully saturated rings. The summed E-state index contributed by atoms with van der Waals surface area (Å²) in [6.45, 7) is 2.00. The number of aromatic nitrogens is 2. The van der Waals surface area contributed by atoms with Crippen molar-refractivity contribution in [3.8, 4) is 11.6 Å². The molecule has 0 spiro atoms. The standard InChI is InChI=1S/C14H14N2O3/c1-2-11-8-13(16-9-15-11)19-12-5-3-4-10(6-12)7-14(17)18/h3-6,8-9H,2,7H2,1H3,(H,17,18). The lowest BCUT2D eigenvalue weighted by Crippen LogP contribution is -2.00. The molecule has 98 valence electrons. The molecular formula is C14H14N2O3. The van der Waals surface area contributed by atoms with Crippen LogP contribution in [0.25, 0.3) is 0 Å². The van der Waals surface area contributed by atoms with Crippen LogP contribution in [0.15, 0.2) is 36.7 Å². The minimum atomic E-state index is -0.868. The minimum Gasteiger partial charge on any atom is -0.481 e. The van der Waals surface area contributed by atoms with Crippen molar-refractivity contribution in [2.24, 2.45) is 0 Å². The summed E-state index contributed by atoms with van der Waals surface area (Å²) in [6, 6.07) is 8.73. The highest BCUT2D eigenvalue weighted by Gasteiger charge is 2.04. The maximum atomic E-state index is 10.7. The van der Waals surface area contributed by atoms with Gasteiger partial charge in [-0.05, 0) is 24.1 Å². The van der Waals surface area contributed by atoms with E-state index in [4.69, 9.17) is 9.84 Å². The van der Waals surface area contributed by atoms with Gasteiger partial charge in [-0.25, -0.2) is 9.97 Å². The predicted molar refractivity (Wildman–Crippen MR) is 69.3 cm³/mol. The average Bonchev–Trinajstić information content (AvgIpc) is 2.38. The Bertz CT molecular complexity index is 584. The van der Waals surface area contributed by atoms with Crippen LogP contribution in [-0.2, 0) is 17.6 Å². The number of rotatable bonds is 5. The summed E-state index contributed by atoms with van der Waals surface area (Å²) in [4.78, 5) is 18.8. The van der Waals surface area contributed by atoms with Crippen LogP contribution in [0.5, 0.6) is 11.6 Å².